The molecule has 1 aliphatic heterocycles. The van der Waals surface area contributed by atoms with Gasteiger partial charge in [0, 0.05) is 25.6 Å². The zero-order chi connectivity index (χ0) is 42.0. The fraction of sp³-hybridized carbons (Fsp3) is 0.523. The molecular formula is C44H62N6O7. The Kier molecular flexibility index (Phi) is 15.2. The van der Waals surface area contributed by atoms with E-state index >= 15 is 0 Å². The van der Waals surface area contributed by atoms with Crippen LogP contribution >= 0.6 is 0 Å². The number of ether oxygens (including phenoxy) is 1. The van der Waals surface area contributed by atoms with Crippen molar-refractivity contribution < 1.29 is 34.1 Å². The summed E-state index contributed by atoms with van der Waals surface area (Å²) in [7, 11) is 1.28. The second kappa shape index (κ2) is 19.4. The van der Waals surface area contributed by atoms with Crippen LogP contribution in [0.4, 0.5) is 9.59 Å². The first-order valence-corrected chi connectivity index (χ1v) is 19.7. The summed E-state index contributed by atoms with van der Waals surface area (Å²) in [5.74, 6) is -1.21. The number of amides is 5. The van der Waals surface area contributed by atoms with Crippen LogP contribution in [0, 0.1) is 16.7 Å². The number of aliphatic hydroxyl groups is 2. The summed E-state index contributed by atoms with van der Waals surface area (Å²) in [5.41, 5.74) is 0.586. The molecule has 0 aliphatic carbocycles. The number of urea groups is 1. The van der Waals surface area contributed by atoms with E-state index in [0.717, 1.165) is 11.1 Å². The van der Waals surface area contributed by atoms with Crippen LogP contribution in [0.2, 0.25) is 0 Å². The van der Waals surface area contributed by atoms with E-state index in [0.29, 0.717) is 24.2 Å². The normalized spacial score (nSPS) is 16.8. The molecule has 0 radical (unpaired) electrons. The lowest BCUT2D eigenvalue weighted by atomic mass is 9.75. The topological polar surface area (TPSA) is 182 Å². The number of alkyl carbamates (subject to hydrolysis) is 1. The number of carbonyl (C=O) groups is 4. The molecule has 6 N–H and O–H groups in total. The summed E-state index contributed by atoms with van der Waals surface area (Å²) in [6.45, 7) is 13.5. The Balaban J connectivity index is 1.59. The van der Waals surface area contributed by atoms with Crippen LogP contribution in [0.3, 0.4) is 0 Å². The highest BCUT2D eigenvalue weighted by atomic mass is 16.5. The standard InChI is InChI=1S/C44H62N6O7/c1-42(2,3)38(34-26-45-40(54)50(34)27-31-20-15-21-36(47-31)44(6,7)56)39(53)48-32(22-29-16-11-9-12-17-29)24-35(51)33(23-30-18-13-10-14-19-30)49-37(52)25-43(4,5)28-46-41(55)57-8/h9-21,32-35,38,51,56H,22-28H2,1-8H3,(H,45,54)(H,46,55)(H,48,53)(H,49,52). The highest BCUT2D eigenvalue weighted by Gasteiger charge is 2.46. The molecule has 2 heterocycles. The maximum absolute atomic E-state index is 14.7. The molecule has 1 saturated heterocycles. The van der Waals surface area contributed by atoms with E-state index in [1.54, 1.807) is 36.9 Å². The molecular weight excluding hydrogens is 725 g/mol. The van der Waals surface area contributed by atoms with Crippen LogP contribution in [0.25, 0.3) is 0 Å². The average Bonchev–Trinajstić information content (AvgIpc) is 3.48. The summed E-state index contributed by atoms with van der Waals surface area (Å²) in [5, 5.41) is 34.5. The maximum atomic E-state index is 14.7. The van der Waals surface area contributed by atoms with E-state index < -0.39 is 52.7 Å². The lowest BCUT2D eigenvalue weighted by Gasteiger charge is -2.39. The minimum Gasteiger partial charge on any atom is -0.453 e. The van der Waals surface area contributed by atoms with Crippen molar-refractivity contribution in [2.75, 3.05) is 20.2 Å². The number of hydrogen-bond donors (Lipinski definition) is 6. The molecule has 310 valence electrons. The molecule has 0 spiro atoms. The van der Waals surface area contributed by atoms with E-state index in [4.69, 9.17) is 0 Å². The second-order valence-electron chi connectivity index (χ2n) is 17.5. The third-order valence-electron chi connectivity index (χ3n) is 10.3. The van der Waals surface area contributed by atoms with Crippen LogP contribution in [0.5, 0.6) is 0 Å². The molecule has 3 aromatic rings. The number of carbonyl (C=O) groups excluding carboxylic acids is 4. The zero-order valence-corrected chi connectivity index (χ0v) is 34.7. The molecule has 5 amide bonds. The highest BCUT2D eigenvalue weighted by Crippen LogP contribution is 2.34. The van der Waals surface area contributed by atoms with Crippen LogP contribution in [-0.4, -0.2) is 88.5 Å². The number of benzene rings is 2. The monoisotopic (exact) mass is 786 g/mol. The van der Waals surface area contributed by atoms with Gasteiger partial charge < -0.3 is 41.1 Å². The van der Waals surface area contributed by atoms with Gasteiger partial charge in [-0.3, -0.25) is 14.6 Å². The molecule has 13 nitrogen and oxygen atoms in total. The van der Waals surface area contributed by atoms with E-state index in [9.17, 15) is 29.4 Å². The Labute approximate surface area is 337 Å². The van der Waals surface area contributed by atoms with Gasteiger partial charge >= 0.3 is 12.1 Å². The van der Waals surface area contributed by atoms with Gasteiger partial charge in [0.25, 0.3) is 0 Å². The van der Waals surface area contributed by atoms with E-state index in [-0.39, 0.29) is 50.3 Å². The van der Waals surface area contributed by atoms with Gasteiger partial charge in [-0.2, -0.15) is 0 Å². The number of methoxy groups -OCH3 is 1. The number of nitrogens with zero attached hydrogens (tertiary/aromatic N) is 2. The predicted molar refractivity (Wildman–Crippen MR) is 219 cm³/mol. The Morgan fingerprint density at radius 3 is 2.09 bits per heavy atom. The highest BCUT2D eigenvalue weighted by molar-refractivity contribution is 5.84. The van der Waals surface area contributed by atoms with Crippen molar-refractivity contribution in [3.63, 3.8) is 0 Å². The fourth-order valence-electron chi connectivity index (χ4n) is 7.40. The van der Waals surface area contributed by atoms with Gasteiger partial charge in [-0.25, -0.2) is 9.59 Å². The van der Waals surface area contributed by atoms with Crippen molar-refractivity contribution >= 4 is 23.9 Å². The van der Waals surface area contributed by atoms with Crippen molar-refractivity contribution in [3.05, 3.63) is 101 Å². The predicted octanol–water partition coefficient (Wildman–Crippen LogP) is 4.84. The number of rotatable bonds is 18. The summed E-state index contributed by atoms with van der Waals surface area (Å²) in [6.07, 6.45) is -0.681. The van der Waals surface area contributed by atoms with Gasteiger partial charge in [-0.05, 0) is 67.2 Å². The van der Waals surface area contributed by atoms with Crippen LogP contribution in [0.15, 0.2) is 78.9 Å². The van der Waals surface area contributed by atoms with Crippen LogP contribution < -0.4 is 21.3 Å². The number of aromatic nitrogens is 1. The van der Waals surface area contributed by atoms with E-state index in [2.05, 4.69) is 31.0 Å². The molecule has 57 heavy (non-hydrogen) atoms. The molecule has 0 saturated carbocycles. The Morgan fingerprint density at radius 2 is 1.51 bits per heavy atom. The second-order valence-corrected chi connectivity index (χ2v) is 17.5. The van der Waals surface area contributed by atoms with Crippen molar-refractivity contribution in [1.82, 2.24) is 31.2 Å². The number of aliphatic hydroxyl groups excluding tert-OH is 1. The molecule has 4 rings (SSSR count). The third kappa shape index (κ3) is 13.6. The van der Waals surface area contributed by atoms with Crippen molar-refractivity contribution in [1.29, 1.82) is 0 Å². The molecule has 2 aromatic carbocycles. The SMILES string of the molecule is COC(=O)NCC(C)(C)CC(=O)NC(Cc1ccccc1)C(O)CC(Cc1ccccc1)NC(=O)C(C1CNC(=O)N1Cc1cccc(C(C)(C)O)n1)C(C)(C)C. The number of nitrogens with one attached hydrogen (secondary N) is 4. The van der Waals surface area contributed by atoms with Gasteiger partial charge in [0.05, 0.1) is 49.1 Å². The number of hydrogen-bond acceptors (Lipinski definition) is 8. The molecule has 5 atom stereocenters. The lowest BCUT2D eigenvalue weighted by molar-refractivity contribution is -0.132. The van der Waals surface area contributed by atoms with Crippen molar-refractivity contribution in [2.24, 2.45) is 16.7 Å². The van der Waals surface area contributed by atoms with Gasteiger partial charge in [-0.1, -0.05) is 101 Å². The molecule has 1 aromatic heterocycles. The zero-order valence-electron chi connectivity index (χ0n) is 34.7. The van der Waals surface area contributed by atoms with Crippen LogP contribution in [-0.2, 0) is 39.3 Å². The smallest absolute Gasteiger partial charge is 0.406 e. The first-order valence-electron chi connectivity index (χ1n) is 19.7. The maximum Gasteiger partial charge on any atom is 0.406 e. The van der Waals surface area contributed by atoms with E-state index in [1.165, 1.54) is 7.11 Å². The lowest BCUT2D eigenvalue weighted by Crippen LogP contribution is -2.54. The molecule has 5 unspecified atom stereocenters. The molecule has 1 aliphatic rings. The fourth-order valence-corrected chi connectivity index (χ4v) is 7.40. The Hall–Kier alpha value is -5.01. The Morgan fingerprint density at radius 1 is 0.895 bits per heavy atom. The first kappa shape index (κ1) is 44.7. The minimum atomic E-state index is -1.17. The van der Waals surface area contributed by atoms with E-state index in [1.807, 2.05) is 95.3 Å². The van der Waals surface area contributed by atoms with Gasteiger partial charge in [0.1, 0.15) is 5.60 Å². The van der Waals surface area contributed by atoms with Gasteiger partial charge in [-0.15, -0.1) is 0 Å². The van der Waals surface area contributed by atoms with Gasteiger partial charge in [0.2, 0.25) is 11.8 Å². The first-order chi connectivity index (χ1) is 26.8. The number of pyridine rings is 1. The summed E-state index contributed by atoms with van der Waals surface area (Å²) >= 11 is 0. The largest absolute Gasteiger partial charge is 0.453 e. The van der Waals surface area contributed by atoms with Crippen molar-refractivity contribution in [2.45, 2.75) is 111 Å². The van der Waals surface area contributed by atoms with Crippen LogP contribution in [0.1, 0.15) is 83.8 Å². The summed E-state index contributed by atoms with van der Waals surface area (Å²) < 4.78 is 4.69. The summed E-state index contributed by atoms with van der Waals surface area (Å²) in [4.78, 5) is 59.5. The van der Waals surface area contributed by atoms with Crippen molar-refractivity contribution in [3.8, 4) is 0 Å². The molecule has 0 bridgehead atoms. The molecule has 13 heteroatoms. The average molecular weight is 787 g/mol. The third-order valence-corrected chi connectivity index (χ3v) is 10.3. The minimum absolute atomic E-state index is 0.0780. The Bertz CT molecular complexity index is 1790. The molecule has 1 fully saturated rings. The summed E-state index contributed by atoms with van der Waals surface area (Å²) in [6, 6.07) is 22.5. The van der Waals surface area contributed by atoms with Gasteiger partial charge in [0.15, 0.2) is 0 Å². The quantitative estimate of drug-likeness (QED) is 0.106.